The quantitative estimate of drug-likeness (QED) is 0.749. The van der Waals surface area contributed by atoms with Crippen molar-refractivity contribution in [2.45, 2.75) is 18.4 Å². The van der Waals surface area contributed by atoms with Gasteiger partial charge in [-0.05, 0) is 12.1 Å². The van der Waals surface area contributed by atoms with Gasteiger partial charge < -0.3 is 24.6 Å². The Hall–Kier alpha value is -2.19. The molecule has 2 aliphatic rings. The minimum absolute atomic E-state index is 0.222. The van der Waals surface area contributed by atoms with Crippen molar-refractivity contribution in [1.82, 2.24) is 9.80 Å². The van der Waals surface area contributed by atoms with Crippen LogP contribution in [0.15, 0.2) is 12.1 Å². The number of likely N-dealkylation sites (tertiary alicyclic amines) is 1. The molecule has 0 bridgehead atoms. The van der Waals surface area contributed by atoms with Crippen molar-refractivity contribution in [3.8, 4) is 5.75 Å². The highest BCUT2D eigenvalue weighted by atomic mass is 35.5. The van der Waals surface area contributed by atoms with E-state index in [-0.39, 0.29) is 16.1 Å². The van der Waals surface area contributed by atoms with Gasteiger partial charge in [0.25, 0.3) is 0 Å². The van der Waals surface area contributed by atoms with E-state index in [2.05, 4.69) is 5.32 Å². The van der Waals surface area contributed by atoms with Gasteiger partial charge in [-0.1, -0.05) is 23.2 Å². The van der Waals surface area contributed by atoms with Crippen molar-refractivity contribution in [3.05, 3.63) is 22.2 Å². The molecule has 2 aliphatic heterocycles. The molecule has 146 valence electrons. The van der Waals surface area contributed by atoms with Crippen LogP contribution in [0.1, 0.15) is 12.8 Å². The molecule has 8 nitrogen and oxygen atoms in total. The average molecular weight is 416 g/mol. The van der Waals surface area contributed by atoms with Crippen molar-refractivity contribution in [2.24, 2.45) is 0 Å². The second kappa shape index (κ2) is 7.44. The van der Waals surface area contributed by atoms with Crippen molar-refractivity contribution >= 4 is 46.8 Å². The number of hydrogen-bond donors (Lipinski definition) is 1. The zero-order valence-electron chi connectivity index (χ0n) is 14.9. The van der Waals surface area contributed by atoms with E-state index in [0.717, 1.165) is 0 Å². The zero-order chi connectivity index (χ0) is 19.8. The van der Waals surface area contributed by atoms with Gasteiger partial charge in [-0.25, -0.2) is 4.79 Å². The van der Waals surface area contributed by atoms with Crippen molar-refractivity contribution in [3.63, 3.8) is 0 Å². The molecule has 0 radical (unpaired) electrons. The van der Waals surface area contributed by atoms with Crippen LogP contribution in [0.3, 0.4) is 0 Å². The monoisotopic (exact) mass is 415 g/mol. The predicted octanol–water partition coefficient (Wildman–Crippen LogP) is 2.38. The average Bonchev–Trinajstić information content (AvgIpc) is 2.88. The minimum Gasteiger partial charge on any atom is -0.494 e. The molecule has 0 aromatic heterocycles. The highest BCUT2D eigenvalue weighted by Crippen LogP contribution is 2.36. The number of benzene rings is 1. The van der Waals surface area contributed by atoms with Crippen molar-refractivity contribution in [1.29, 1.82) is 0 Å². The number of ether oxygens (including phenoxy) is 2. The molecular weight excluding hydrogens is 397 g/mol. The summed E-state index contributed by atoms with van der Waals surface area (Å²) in [4.78, 5) is 39.3. The van der Waals surface area contributed by atoms with Crippen LogP contribution < -0.4 is 10.1 Å². The number of hydrogen-bond acceptors (Lipinski definition) is 5. The molecule has 27 heavy (non-hydrogen) atoms. The van der Waals surface area contributed by atoms with Gasteiger partial charge in [-0.3, -0.25) is 9.59 Å². The maximum Gasteiger partial charge on any atom is 0.410 e. The van der Waals surface area contributed by atoms with Crippen LogP contribution in [0, 0.1) is 0 Å². The first kappa shape index (κ1) is 19.6. The lowest BCUT2D eigenvalue weighted by atomic mass is 9.91. The topological polar surface area (TPSA) is 88.2 Å². The number of nitrogens with one attached hydrogen (secondary N) is 1. The van der Waals surface area contributed by atoms with E-state index in [1.807, 2.05) is 0 Å². The van der Waals surface area contributed by atoms with Crippen LogP contribution in [0.4, 0.5) is 10.5 Å². The molecule has 2 fully saturated rings. The number of halogens is 2. The number of amides is 3. The predicted molar refractivity (Wildman–Crippen MR) is 99.3 cm³/mol. The third-order valence-corrected chi connectivity index (χ3v) is 5.32. The summed E-state index contributed by atoms with van der Waals surface area (Å²) in [5, 5.41) is 2.94. The number of anilines is 1. The van der Waals surface area contributed by atoms with Crippen LogP contribution in [-0.2, 0) is 14.3 Å². The molecule has 2 heterocycles. The Morgan fingerprint density at radius 3 is 2.30 bits per heavy atom. The lowest BCUT2D eigenvalue weighted by molar-refractivity contribution is -0.145. The summed E-state index contributed by atoms with van der Waals surface area (Å²) >= 11 is 12.1. The Morgan fingerprint density at radius 2 is 1.81 bits per heavy atom. The van der Waals surface area contributed by atoms with E-state index in [0.29, 0.717) is 43.9 Å². The van der Waals surface area contributed by atoms with Crippen LogP contribution >= 0.6 is 23.2 Å². The van der Waals surface area contributed by atoms with E-state index in [9.17, 15) is 14.4 Å². The molecule has 0 saturated carbocycles. The van der Waals surface area contributed by atoms with Crippen LogP contribution in [-0.4, -0.2) is 67.1 Å². The van der Waals surface area contributed by atoms with Crippen LogP contribution in [0.2, 0.25) is 10.0 Å². The molecule has 10 heteroatoms. The van der Waals surface area contributed by atoms with E-state index in [1.165, 1.54) is 29.0 Å². The second-order valence-electron chi connectivity index (χ2n) is 6.63. The lowest BCUT2D eigenvalue weighted by Gasteiger charge is -2.36. The SMILES string of the molecule is COc1c(Cl)cc(NC(=O)C(=O)N2CCC3(CC2)CN(C)C(=O)O3)cc1Cl. The summed E-state index contributed by atoms with van der Waals surface area (Å²) in [6, 6.07) is 2.91. The number of carbonyl (C=O) groups is 3. The zero-order valence-corrected chi connectivity index (χ0v) is 16.4. The van der Waals surface area contributed by atoms with Crippen molar-refractivity contribution < 1.29 is 23.9 Å². The molecule has 1 aromatic carbocycles. The summed E-state index contributed by atoms with van der Waals surface area (Å²) in [6.07, 6.45) is 0.616. The van der Waals surface area contributed by atoms with Gasteiger partial charge in [0.05, 0.1) is 23.7 Å². The molecule has 0 atom stereocenters. The van der Waals surface area contributed by atoms with Gasteiger partial charge >= 0.3 is 17.9 Å². The molecule has 0 aliphatic carbocycles. The van der Waals surface area contributed by atoms with E-state index in [4.69, 9.17) is 32.7 Å². The third kappa shape index (κ3) is 3.91. The van der Waals surface area contributed by atoms with Crippen molar-refractivity contribution in [2.75, 3.05) is 39.1 Å². The first-order chi connectivity index (χ1) is 12.7. The fraction of sp³-hybridized carbons (Fsp3) is 0.471. The second-order valence-corrected chi connectivity index (χ2v) is 7.44. The first-order valence-corrected chi connectivity index (χ1v) is 9.08. The highest BCUT2D eigenvalue weighted by Gasteiger charge is 2.46. The van der Waals surface area contributed by atoms with Crippen LogP contribution in [0.5, 0.6) is 5.75 Å². The minimum atomic E-state index is -0.788. The Kier molecular flexibility index (Phi) is 5.39. The standard InChI is InChI=1S/C17H19Cl2N3O5/c1-21-9-17(27-16(21)25)3-5-22(6-4-17)15(24)14(23)20-10-7-11(18)13(26-2)12(19)8-10/h7-8H,3-6,9H2,1-2H3,(H,20,23). The van der Waals surface area contributed by atoms with E-state index >= 15 is 0 Å². The number of likely N-dealkylation sites (N-methyl/N-ethyl adjacent to an activating group) is 1. The van der Waals surface area contributed by atoms with Gasteiger partial charge in [0.15, 0.2) is 5.75 Å². The van der Waals surface area contributed by atoms with Gasteiger partial charge in [0, 0.05) is 38.7 Å². The van der Waals surface area contributed by atoms with Gasteiger partial charge in [-0.15, -0.1) is 0 Å². The Labute approximate surface area is 166 Å². The molecule has 1 spiro atoms. The van der Waals surface area contributed by atoms with Gasteiger partial charge in [-0.2, -0.15) is 0 Å². The Balaban J connectivity index is 1.60. The number of rotatable bonds is 2. The number of piperidine rings is 1. The third-order valence-electron chi connectivity index (χ3n) is 4.76. The maximum absolute atomic E-state index is 12.4. The molecule has 2 saturated heterocycles. The lowest BCUT2D eigenvalue weighted by Crippen LogP contribution is -2.51. The van der Waals surface area contributed by atoms with Gasteiger partial charge in [0.2, 0.25) is 0 Å². The van der Waals surface area contributed by atoms with E-state index in [1.54, 1.807) is 7.05 Å². The fourth-order valence-electron chi connectivity index (χ4n) is 3.32. The Bertz CT molecular complexity index is 770. The summed E-state index contributed by atoms with van der Waals surface area (Å²) in [5.41, 5.74) is -0.278. The molecule has 1 aromatic rings. The smallest absolute Gasteiger partial charge is 0.410 e. The largest absolute Gasteiger partial charge is 0.494 e. The first-order valence-electron chi connectivity index (χ1n) is 8.32. The maximum atomic E-state index is 12.4. The molecule has 3 amide bonds. The normalized spacial score (nSPS) is 18.4. The number of nitrogens with zero attached hydrogens (tertiary/aromatic N) is 2. The number of methoxy groups -OCH3 is 1. The van der Waals surface area contributed by atoms with E-state index < -0.39 is 17.4 Å². The summed E-state index contributed by atoms with van der Waals surface area (Å²) in [7, 11) is 3.10. The summed E-state index contributed by atoms with van der Waals surface area (Å²) in [6.45, 7) is 1.15. The summed E-state index contributed by atoms with van der Waals surface area (Å²) in [5.74, 6) is -1.16. The number of carbonyl (C=O) groups excluding carboxylic acids is 3. The fourth-order valence-corrected chi connectivity index (χ4v) is 3.97. The molecule has 1 N–H and O–H groups in total. The van der Waals surface area contributed by atoms with Gasteiger partial charge in [0.1, 0.15) is 5.60 Å². The van der Waals surface area contributed by atoms with Crippen LogP contribution in [0.25, 0.3) is 0 Å². The summed E-state index contributed by atoms with van der Waals surface area (Å²) < 4.78 is 10.5. The molecule has 3 rings (SSSR count). The Morgan fingerprint density at radius 1 is 1.22 bits per heavy atom. The molecular formula is C17H19Cl2N3O5. The molecule has 0 unspecified atom stereocenters. The highest BCUT2D eigenvalue weighted by molar-refractivity contribution is 6.41.